The second kappa shape index (κ2) is 6.08. The third kappa shape index (κ3) is 3.30. The van der Waals surface area contributed by atoms with Gasteiger partial charge in [0.05, 0.1) is 9.95 Å². The highest BCUT2D eigenvalue weighted by molar-refractivity contribution is 6.35. The molecule has 0 saturated carbocycles. The topological polar surface area (TPSA) is 116 Å². The zero-order chi connectivity index (χ0) is 15.6. The molecule has 21 heavy (non-hydrogen) atoms. The van der Waals surface area contributed by atoms with Crippen molar-refractivity contribution in [1.29, 1.82) is 0 Å². The smallest absolute Gasteiger partial charge is 0.352 e. The monoisotopic (exact) mass is 329 g/mol. The second-order valence-electron chi connectivity index (χ2n) is 3.86. The predicted octanol–water partition coefficient (Wildman–Crippen LogP) is 3.08. The van der Waals surface area contributed by atoms with Crippen molar-refractivity contribution < 1.29 is 9.66 Å². The van der Waals surface area contributed by atoms with Crippen LogP contribution in [0.15, 0.2) is 18.2 Å². The molecule has 2 aromatic rings. The van der Waals surface area contributed by atoms with Gasteiger partial charge < -0.3 is 4.74 Å². The van der Waals surface area contributed by atoms with Gasteiger partial charge in [0.1, 0.15) is 11.4 Å². The minimum absolute atomic E-state index is 0.0156. The average molecular weight is 330 g/mol. The molecule has 0 spiro atoms. The minimum atomic E-state index is -0.644. The van der Waals surface area contributed by atoms with E-state index in [1.54, 1.807) is 0 Å². The van der Waals surface area contributed by atoms with Crippen molar-refractivity contribution in [3.8, 4) is 11.6 Å². The van der Waals surface area contributed by atoms with E-state index in [-0.39, 0.29) is 34.0 Å². The van der Waals surface area contributed by atoms with Crippen LogP contribution >= 0.6 is 23.2 Å². The molecule has 0 aliphatic carbocycles. The van der Waals surface area contributed by atoms with Crippen LogP contribution in [0.5, 0.6) is 11.6 Å². The minimum Gasteiger partial charge on any atom is -0.432 e. The van der Waals surface area contributed by atoms with Gasteiger partial charge in [-0.2, -0.15) is 4.98 Å². The van der Waals surface area contributed by atoms with Crippen molar-refractivity contribution in [2.45, 2.75) is 6.92 Å². The van der Waals surface area contributed by atoms with Crippen LogP contribution in [0.25, 0.3) is 0 Å². The summed E-state index contributed by atoms with van der Waals surface area (Å²) in [5, 5.41) is 11.7. The van der Waals surface area contributed by atoms with Crippen molar-refractivity contribution in [3.05, 3.63) is 44.1 Å². The zero-order valence-electron chi connectivity index (χ0n) is 10.6. The quantitative estimate of drug-likeness (QED) is 0.502. The lowest BCUT2D eigenvalue weighted by Crippen LogP contribution is -2.12. The van der Waals surface area contributed by atoms with E-state index >= 15 is 0 Å². The summed E-state index contributed by atoms with van der Waals surface area (Å²) in [5.74, 6) is 5.10. The first-order chi connectivity index (χ1) is 9.92. The van der Waals surface area contributed by atoms with Crippen LogP contribution in [0.2, 0.25) is 10.0 Å². The lowest BCUT2D eigenvalue weighted by atomic mass is 10.3. The van der Waals surface area contributed by atoms with Crippen molar-refractivity contribution in [1.82, 2.24) is 9.97 Å². The molecule has 0 fully saturated rings. The van der Waals surface area contributed by atoms with Gasteiger partial charge in [-0.15, -0.1) is 0 Å². The largest absolute Gasteiger partial charge is 0.432 e. The second-order valence-corrected chi connectivity index (χ2v) is 4.71. The van der Waals surface area contributed by atoms with Crippen LogP contribution in [0, 0.1) is 17.0 Å². The third-order valence-electron chi connectivity index (χ3n) is 2.44. The van der Waals surface area contributed by atoms with Crippen LogP contribution in [0.1, 0.15) is 5.69 Å². The highest BCUT2D eigenvalue weighted by atomic mass is 35.5. The first kappa shape index (κ1) is 15.2. The number of hydrogen-bond donors (Lipinski definition) is 2. The summed E-state index contributed by atoms with van der Waals surface area (Å²) in [6.07, 6.45) is 0. The number of ether oxygens (including phenoxy) is 1. The van der Waals surface area contributed by atoms with Crippen molar-refractivity contribution in [2.75, 3.05) is 5.43 Å². The molecule has 1 aromatic heterocycles. The number of benzene rings is 1. The van der Waals surface area contributed by atoms with Crippen LogP contribution in [0.3, 0.4) is 0 Å². The standard InChI is InChI=1S/C11H9Cl2N5O3/c1-5-9(18(19)20)10(16-11(15-5)17-14)21-8-3-2-6(12)4-7(8)13/h2-4H,14H2,1H3,(H,15,16,17). The van der Waals surface area contributed by atoms with Crippen LogP contribution in [0.4, 0.5) is 11.6 Å². The van der Waals surface area contributed by atoms with E-state index < -0.39 is 4.92 Å². The number of nitrogens with one attached hydrogen (secondary N) is 1. The fourth-order valence-corrected chi connectivity index (χ4v) is 2.00. The number of nitrogens with zero attached hydrogens (tertiary/aromatic N) is 3. The molecule has 1 aromatic carbocycles. The van der Waals surface area contributed by atoms with Gasteiger partial charge in [-0.3, -0.25) is 15.5 Å². The maximum Gasteiger partial charge on any atom is 0.352 e. The van der Waals surface area contributed by atoms with E-state index in [4.69, 9.17) is 33.8 Å². The number of nitrogen functional groups attached to an aromatic ring is 1. The van der Waals surface area contributed by atoms with Gasteiger partial charge in [-0.05, 0) is 25.1 Å². The number of aromatic nitrogens is 2. The number of rotatable bonds is 4. The molecule has 0 aliphatic heterocycles. The maximum absolute atomic E-state index is 11.1. The summed E-state index contributed by atoms with van der Waals surface area (Å²) in [4.78, 5) is 18.1. The molecule has 1 heterocycles. The molecule has 8 nitrogen and oxygen atoms in total. The number of halogens is 2. The SMILES string of the molecule is Cc1nc(NN)nc(Oc2ccc(Cl)cc2Cl)c1[N+](=O)[O-]. The Morgan fingerprint density at radius 1 is 1.38 bits per heavy atom. The molecule has 110 valence electrons. The van der Waals surface area contributed by atoms with E-state index in [9.17, 15) is 10.1 Å². The molecular formula is C11H9Cl2N5O3. The molecule has 0 bridgehead atoms. The first-order valence-corrected chi connectivity index (χ1v) is 6.30. The molecule has 0 saturated heterocycles. The Labute approximate surface area is 129 Å². The summed E-state index contributed by atoms with van der Waals surface area (Å²) < 4.78 is 5.40. The van der Waals surface area contributed by atoms with E-state index in [0.29, 0.717) is 5.02 Å². The molecule has 10 heteroatoms. The Morgan fingerprint density at radius 2 is 2.10 bits per heavy atom. The van der Waals surface area contributed by atoms with Gasteiger partial charge >= 0.3 is 11.6 Å². The number of hydrogen-bond acceptors (Lipinski definition) is 7. The van der Waals surface area contributed by atoms with Gasteiger partial charge in [0.2, 0.25) is 5.95 Å². The van der Waals surface area contributed by atoms with Crippen molar-refractivity contribution >= 4 is 34.8 Å². The summed E-state index contributed by atoms with van der Waals surface area (Å²) in [5.41, 5.74) is 1.93. The third-order valence-corrected chi connectivity index (χ3v) is 2.97. The highest BCUT2D eigenvalue weighted by Gasteiger charge is 2.24. The summed E-state index contributed by atoms with van der Waals surface area (Å²) in [6, 6.07) is 4.45. The molecule has 0 aliphatic rings. The normalized spacial score (nSPS) is 10.3. The molecular weight excluding hydrogens is 321 g/mol. The number of nitro groups is 1. The van der Waals surface area contributed by atoms with Gasteiger partial charge in [0.25, 0.3) is 0 Å². The summed E-state index contributed by atoms with van der Waals surface area (Å²) >= 11 is 11.7. The van der Waals surface area contributed by atoms with Gasteiger partial charge in [-0.25, -0.2) is 10.8 Å². The van der Waals surface area contributed by atoms with E-state index in [1.165, 1.54) is 25.1 Å². The summed E-state index contributed by atoms with van der Waals surface area (Å²) in [6.45, 7) is 1.44. The Hall–Kier alpha value is -2.16. The molecule has 3 N–H and O–H groups in total. The van der Waals surface area contributed by atoms with Gasteiger partial charge in [0, 0.05) is 5.02 Å². The Bertz CT molecular complexity index is 710. The van der Waals surface area contributed by atoms with E-state index in [1.807, 2.05) is 0 Å². The molecule has 0 radical (unpaired) electrons. The average Bonchev–Trinajstić information content (AvgIpc) is 2.40. The first-order valence-electron chi connectivity index (χ1n) is 5.55. The van der Waals surface area contributed by atoms with Crippen LogP contribution in [-0.2, 0) is 0 Å². The van der Waals surface area contributed by atoms with Crippen LogP contribution in [-0.4, -0.2) is 14.9 Å². The molecule has 0 amide bonds. The fraction of sp³-hybridized carbons (Fsp3) is 0.0909. The number of hydrazine groups is 1. The molecule has 0 atom stereocenters. The predicted molar refractivity (Wildman–Crippen MR) is 77.8 cm³/mol. The van der Waals surface area contributed by atoms with E-state index in [0.717, 1.165) is 0 Å². The highest BCUT2D eigenvalue weighted by Crippen LogP contribution is 2.36. The maximum atomic E-state index is 11.1. The van der Waals surface area contributed by atoms with Gasteiger partial charge in [0.15, 0.2) is 0 Å². The zero-order valence-corrected chi connectivity index (χ0v) is 12.1. The lowest BCUT2D eigenvalue weighted by Gasteiger charge is -2.09. The van der Waals surface area contributed by atoms with Gasteiger partial charge in [-0.1, -0.05) is 23.2 Å². The number of anilines is 1. The fourth-order valence-electron chi connectivity index (χ4n) is 1.55. The molecule has 0 unspecified atom stereocenters. The van der Waals surface area contributed by atoms with Crippen molar-refractivity contribution in [3.63, 3.8) is 0 Å². The molecule has 2 rings (SSSR count). The van der Waals surface area contributed by atoms with Crippen LogP contribution < -0.4 is 16.0 Å². The number of aryl methyl sites for hydroxylation is 1. The Morgan fingerprint density at radius 3 is 2.67 bits per heavy atom. The van der Waals surface area contributed by atoms with Crippen molar-refractivity contribution in [2.24, 2.45) is 5.84 Å². The Balaban J connectivity index is 2.51. The number of nitrogens with two attached hydrogens (primary N) is 1. The lowest BCUT2D eigenvalue weighted by molar-refractivity contribution is -0.386. The van der Waals surface area contributed by atoms with E-state index in [2.05, 4.69) is 15.4 Å². The summed E-state index contributed by atoms with van der Waals surface area (Å²) in [7, 11) is 0. The Kier molecular flexibility index (Phi) is 4.41.